The maximum Gasteiger partial charge on any atom is 0.326 e. The molecule has 0 aliphatic carbocycles. The molecule has 2 rings (SSSR count). The van der Waals surface area contributed by atoms with Crippen LogP contribution in [-0.4, -0.2) is 75.6 Å². The van der Waals surface area contributed by atoms with E-state index in [-0.39, 0.29) is 19.3 Å². The van der Waals surface area contributed by atoms with Crippen LogP contribution >= 0.6 is 0 Å². The number of benzene rings is 1. The Morgan fingerprint density at radius 1 is 0.927 bits per heavy atom. The van der Waals surface area contributed by atoms with Gasteiger partial charge >= 0.3 is 11.9 Å². The normalized spacial score (nSPS) is 14.8. The van der Waals surface area contributed by atoms with Crippen LogP contribution in [0.3, 0.4) is 0 Å². The van der Waals surface area contributed by atoms with Crippen molar-refractivity contribution in [2.24, 2.45) is 17.4 Å². The summed E-state index contributed by atoms with van der Waals surface area (Å²) in [6, 6.07) is 2.97. The third-order valence-electron chi connectivity index (χ3n) is 7.09. The lowest BCUT2D eigenvalue weighted by molar-refractivity contribution is -0.144. The molecule has 3 amide bonds. The van der Waals surface area contributed by atoms with Gasteiger partial charge in [-0.1, -0.05) is 38.5 Å². The van der Waals surface area contributed by atoms with Crippen LogP contribution in [-0.2, 0) is 30.4 Å². The van der Waals surface area contributed by atoms with Crippen LogP contribution in [0.15, 0.2) is 30.5 Å². The Labute approximate surface area is 238 Å². The van der Waals surface area contributed by atoms with E-state index in [1.165, 1.54) is 0 Å². The van der Waals surface area contributed by atoms with E-state index >= 15 is 0 Å². The summed E-state index contributed by atoms with van der Waals surface area (Å²) >= 11 is 0. The molecule has 1 aromatic heterocycles. The van der Waals surface area contributed by atoms with Crippen molar-refractivity contribution in [3.05, 3.63) is 36.0 Å². The number of amides is 3. The molecule has 226 valence electrons. The molecular formula is C28H42N6O7. The number of H-pyrrole nitrogens is 1. The standard InChI is InChI=1S/C28H42N6O7/c1-3-16(2)24(28(40)41)34-27(39)22(11-12-23(35)36)33-26(38)21(10-6-7-13-29)32-25(37)19(30)14-17-15-31-20-9-5-4-8-18(17)20/h4-5,8-9,15-16,19,21-22,24,31H,3,6-7,10-14,29-30H2,1-2H3,(H,32,37)(H,33,38)(H,34,39)(H,35,36)(H,40,41). The molecule has 0 aliphatic heterocycles. The highest BCUT2D eigenvalue weighted by atomic mass is 16.4. The highest BCUT2D eigenvalue weighted by Crippen LogP contribution is 2.19. The minimum Gasteiger partial charge on any atom is -0.481 e. The molecule has 2 aromatic rings. The smallest absolute Gasteiger partial charge is 0.326 e. The Morgan fingerprint density at radius 3 is 2.20 bits per heavy atom. The largest absolute Gasteiger partial charge is 0.481 e. The number of unbranched alkanes of at least 4 members (excludes halogenated alkanes) is 1. The van der Waals surface area contributed by atoms with E-state index in [9.17, 15) is 29.1 Å². The maximum atomic E-state index is 13.3. The first-order valence-corrected chi connectivity index (χ1v) is 13.8. The lowest BCUT2D eigenvalue weighted by Crippen LogP contribution is -2.57. The SMILES string of the molecule is CCC(C)C(NC(=O)C(CCC(=O)O)NC(=O)C(CCCCN)NC(=O)C(N)Cc1c[nH]c2ccccc12)C(=O)O. The van der Waals surface area contributed by atoms with Crippen LogP contribution in [0.2, 0.25) is 0 Å². The fourth-order valence-corrected chi connectivity index (χ4v) is 4.42. The Balaban J connectivity index is 2.17. The van der Waals surface area contributed by atoms with E-state index in [2.05, 4.69) is 20.9 Å². The van der Waals surface area contributed by atoms with Crippen molar-refractivity contribution >= 4 is 40.6 Å². The van der Waals surface area contributed by atoms with Crippen LogP contribution in [0.1, 0.15) is 57.9 Å². The van der Waals surface area contributed by atoms with E-state index < -0.39 is 66.2 Å². The fraction of sp³-hybridized carbons (Fsp3) is 0.536. The summed E-state index contributed by atoms with van der Waals surface area (Å²) in [5.41, 5.74) is 13.5. The van der Waals surface area contributed by atoms with Gasteiger partial charge in [-0.05, 0) is 56.2 Å². The van der Waals surface area contributed by atoms with Crippen molar-refractivity contribution in [2.75, 3.05) is 6.54 Å². The maximum absolute atomic E-state index is 13.3. The van der Waals surface area contributed by atoms with E-state index in [1.807, 2.05) is 24.3 Å². The molecule has 10 N–H and O–H groups in total. The van der Waals surface area contributed by atoms with Crippen molar-refractivity contribution in [3.8, 4) is 0 Å². The molecule has 13 nitrogen and oxygen atoms in total. The quantitative estimate of drug-likeness (QED) is 0.116. The Morgan fingerprint density at radius 2 is 1.56 bits per heavy atom. The number of carbonyl (C=O) groups excluding carboxylic acids is 3. The molecule has 1 aromatic carbocycles. The number of aromatic nitrogens is 1. The van der Waals surface area contributed by atoms with Gasteiger partial charge in [0.05, 0.1) is 6.04 Å². The average molecular weight is 575 g/mol. The monoisotopic (exact) mass is 574 g/mol. The second-order valence-corrected chi connectivity index (χ2v) is 10.2. The van der Waals surface area contributed by atoms with Gasteiger partial charge in [-0.25, -0.2) is 4.79 Å². The summed E-state index contributed by atoms with van der Waals surface area (Å²) in [6.45, 7) is 3.80. The lowest BCUT2D eigenvalue weighted by Gasteiger charge is -2.26. The number of nitrogens with one attached hydrogen (secondary N) is 4. The van der Waals surface area contributed by atoms with Gasteiger partial charge in [-0.2, -0.15) is 0 Å². The Bertz CT molecular complexity index is 1200. The minimum absolute atomic E-state index is 0.201. The average Bonchev–Trinajstić information content (AvgIpc) is 3.34. The third kappa shape index (κ3) is 10.2. The Kier molecular flexibility index (Phi) is 13.2. The van der Waals surface area contributed by atoms with Gasteiger partial charge in [-0.15, -0.1) is 0 Å². The van der Waals surface area contributed by atoms with Gasteiger partial charge in [-0.3, -0.25) is 19.2 Å². The molecule has 13 heteroatoms. The summed E-state index contributed by atoms with van der Waals surface area (Å²) in [6.07, 6.45) is 3.01. The third-order valence-corrected chi connectivity index (χ3v) is 7.09. The van der Waals surface area contributed by atoms with Crippen LogP contribution in [0.25, 0.3) is 10.9 Å². The molecule has 41 heavy (non-hydrogen) atoms. The highest BCUT2D eigenvalue weighted by molar-refractivity contribution is 5.94. The van der Waals surface area contributed by atoms with Crippen molar-refractivity contribution < 1.29 is 34.2 Å². The number of rotatable bonds is 18. The molecule has 1 heterocycles. The summed E-state index contributed by atoms with van der Waals surface area (Å²) < 4.78 is 0. The summed E-state index contributed by atoms with van der Waals surface area (Å²) in [5, 5.41) is 27.2. The predicted octanol–water partition coefficient (Wildman–Crippen LogP) is 0.617. The van der Waals surface area contributed by atoms with Crippen molar-refractivity contribution in [2.45, 2.75) is 83.0 Å². The zero-order valence-electron chi connectivity index (χ0n) is 23.5. The van der Waals surface area contributed by atoms with Crippen LogP contribution in [0.4, 0.5) is 0 Å². The fourth-order valence-electron chi connectivity index (χ4n) is 4.42. The molecule has 0 aliphatic rings. The van der Waals surface area contributed by atoms with Gasteiger partial charge in [0.2, 0.25) is 17.7 Å². The van der Waals surface area contributed by atoms with E-state index in [0.717, 1.165) is 16.5 Å². The first kappa shape index (κ1) is 33.2. The summed E-state index contributed by atoms with van der Waals surface area (Å²) in [4.78, 5) is 65.4. The summed E-state index contributed by atoms with van der Waals surface area (Å²) in [7, 11) is 0. The molecule has 0 spiro atoms. The van der Waals surface area contributed by atoms with Gasteiger partial charge in [0.1, 0.15) is 18.1 Å². The van der Waals surface area contributed by atoms with Crippen LogP contribution in [0.5, 0.6) is 0 Å². The molecule has 0 radical (unpaired) electrons. The number of hydrogen-bond acceptors (Lipinski definition) is 7. The van der Waals surface area contributed by atoms with Gasteiger partial charge in [0.15, 0.2) is 0 Å². The van der Waals surface area contributed by atoms with Crippen molar-refractivity contribution in [3.63, 3.8) is 0 Å². The number of carbonyl (C=O) groups is 5. The van der Waals surface area contributed by atoms with E-state index in [4.69, 9.17) is 16.6 Å². The first-order chi connectivity index (χ1) is 19.5. The second kappa shape index (κ2) is 16.3. The number of para-hydroxylation sites is 1. The molecule has 0 saturated heterocycles. The molecule has 5 atom stereocenters. The van der Waals surface area contributed by atoms with Crippen molar-refractivity contribution in [1.29, 1.82) is 0 Å². The van der Waals surface area contributed by atoms with Crippen LogP contribution in [0, 0.1) is 5.92 Å². The minimum atomic E-state index is -1.33. The second-order valence-electron chi connectivity index (χ2n) is 10.2. The number of aromatic amines is 1. The number of aliphatic carboxylic acids is 2. The number of nitrogens with two attached hydrogens (primary N) is 2. The van der Waals surface area contributed by atoms with Gasteiger partial charge < -0.3 is 42.6 Å². The van der Waals surface area contributed by atoms with Crippen molar-refractivity contribution in [1.82, 2.24) is 20.9 Å². The lowest BCUT2D eigenvalue weighted by atomic mass is 9.98. The molecular weight excluding hydrogens is 532 g/mol. The number of fused-ring (bicyclic) bond motifs is 1. The van der Waals surface area contributed by atoms with Gasteiger partial charge in [0.25, 0.3) is 0 Å². The topological polar surface area (TPSA) is 230 Å². The van der Waals surface area contributed by atoms with Crippen LogP contribution < -0.4 is 27.4 Å². The number of hydrogen-bond donors (Lipinski definition) is 8. The Hall–Kier alpha value is -3.97. The van der Waals surface area contributed by atoms with E-state index in [1.54, 1.807) is 20.0 Å². The molecule has 0 bridgehead atoms. The molecule has 0 saturated carbocycles. The summed E-state index contributed by atoms with van der Waals surface area (Å²) in [5.74, 6) is -4.95. The van der Waals surface area contributed by atoms with Gasteiger partial charge in [0, 0.05) is 23.5 Å². The highest BCUT2D eigenvalue weighted by Gasteiger charge is 2.32. The number of carboxylic acids is 2. The first-order valence-electron chi connectivity index (χ1n) is 13.8. The predicted molar refractivity (Wildman–Crippen MR) is 153 cm³/mol. The molecule has 0 fully saturated rings. The number of carboxylic acid groups (broad SMARTS) is 2. The zero-order chi connectivity index (χ0) is 30.5. The zero-order valence-corrected chi connectivity index (χ0v) is 23.5. The van der Waals surface area contributed by atoms with E-state index in [0.29, 0.717) is 25.8 Å². The molecule has 5 unspecified atom stereocenters.